The Bertz CT molecular complexity index is 630. The van der Waals surface area contributed by atoms with Crippen molar-refractivity contribution in [3.63, 3.8) is 0 Å². The van der Waals surface area contributed by atoms with Gasteiger partial charge >= 0.3 is 122 Å². The Morgan fingerprint density at radius 2 is 2.18 bits per heavy atom. The Morgan fingerprint density at radius 3 is 2.82 bits per heavy atom. The van der Waals surface area contributed by atoms with Gasteiger partial charge in [0.2, 0.25) is 0 Å². The number of aromatic nitrogens is 1. The molecule has 0 unspecified atom stereocenters. The number of rotatable bonds is 2. The fourth-order valence-electron chi connectivity index (χ4n) is 1.35. The van der Waals surface area contributed by atoms with E-state index in [1.807, 2.05) is 22.6 Å². The van der Waals surface area contributed by atoms with Crippen molar-refractivity contribution in [1.29, 1.82) is 0 Å². The molecule has 1 heterocycles. The van der Waals surface area contributed by atoms with Crippen LogP contribution in [0.25, 0.3) is 10.9 Å². The number of pyridine rings is 1. The molecular weight excluding hydrogens is 470 g/mol. The maximum atomic E-state index is 10.9. The summed E-state index contributed by atoms with van der Waals surface area (Å²) in [5, 5.41) is 1.09. The molecule has 90 valence electrons. The first-order valence-electron chi connectivity index (χ1n) is 4.36. The second-order valence-electron chi connectivity index (χ2n) is 3.15. The molecule has 2 N–H and O–H groups in total. The number of benzene rings is 1. The Kier molecular flexibility index (Phi) is 3.89. The fraction of sp³-hybridized carbons (Fsp3) is 0. The van der Waals surface area contributed by atoms with Crippen molar-refractivity contribution in [2.45, 2.75) is 0 Å². The molecule has 8 heteroatoms. The number of fused-ring (bicyclic) bond motifs is 1. The van der Waals surface area contributed by atoms with Gasteiger partial charge in [0.1, 0.15) is 0 Å². The van der Waals surface area contributed by atoms with Gasteiger partial charge in [-0.25, -0.2) is 0 Å². The van der Waals surface area contributed by atoms with Crippen molar-refractivity contribution in [2.75, 3.05) is 0 Å². The molecule has 0 fully saturated rings. The molecule has 1 aromatic heterocycles. The second-order valence-corrected chi connectivity index (χ2v) is 8.01. The standard InChI is InChI=1S/C9H5ClINO.2H2O.O.Sb/c10-8-5-2-1-3-12-9(5)7(13)4-6(8)11;;;;/h1-4,13H;2*1H2;;/q;;;;+3/p-3. The van der Waals surface area contributed by atoms with E-state index < -0.39 is 20.1 Å². The van der Waals surface area contributed by atoms with E-state index in [0.717, 1.165) is 0 Å². The van der Waals surface area contributed by atoms with Gasteiger partial charge in [-0.15, -0.1) is 0 Å². The zero-order chi connectivity index (χ0) is 12.6. The first-order chi connectivity index (χ1) is 7.88. The van der Waals surface area contributed by atoms with E-state index >= 15 is 0 Å². The van der Waals surface area contributed by atoms with E-state index in [9.17, 15) is 3.02 Å². The summed E-state index contributed by atoms with van der Waals surface area (Å²) in [4.78, 5) is 4.03. The monoisotopic (exact) mass is 475 g/mol. The summed E-state index contributed by atoms with van der Waals surface area (Å²) >= 11 is 2.54. The third kappa shape index (κ3) is 3.06. The average molecular weight is 476 g/mol. The predicted octanol–water partition coefficient (Wildman–Crippen LogP) is 1.72. The van der Waals surface area contributed by atoms with Crippen LogP contribution in [0.15, 0.2) is 24.4 Å². The normalized spacial score (nSPS) is 11.8. The SMILES string of the molecule is [O]=[Sb]([OH])([OH])[O]c1cc(I)c(Cl)c2cccnc12. The van der Waals surface area contributed by atoms with Crippen molar-refractivity contribution in [2.24, 2.45) is 0 Å². The Morgan fingerprint density at radius 1 is 1.47 bits per heavy atom. The molecule has 0 aliphatic rings. The average Bonchev–Trinajstić information content (AvgIpc) is 2.24. The van der Waals surface area contributed by atoms with Gasteiger partial charge in [0.25, 0.3) is 0 Å². The van der Waals surface area contributed by atoms with Gasteiger partial charge < -0.3 is 0 Å². The van der Waals surface area contributed by atoms with Crippen LogP contribution in [0.3, 0.4) is 0 Å². The molecule has 5 nitrogen and oxygen atoms in total. The molecular formula is C9H6ClINO4Sb. The first kappa shape index (κ1) is 13.4. The van der Waals surface area contributed by atoms with Crippen LogP contribution in [-0.2, 0) is 3.02 Å². The van der Waals surface area contributed by atoms with E-state index in [1.165, 1.54) is 12.3 Å². The number of hydrogen-bond acceptors (Lipinski definition) is 3. The van der Waals surface area contributed by atoms with Crippen LogP contribution >= 0.6 is 34.2 Å². The van der Waals surface area contributed by atoms with Gasteiger partial charge in [0.05, 0.1) is 0 Å². The summed E-state index contributed by atoms with van der Waals surface area (Å²) in [6, 6.07) is 4.87. The van der Waals surface area contributed by atoms with Gasteiger partial charge in [-0.3, -0.25) is 0 Å². The molecule has 0 atom stereocenters. The van der Waals surface area contributed by atoms with E-state index in [1.54, 1.807) is 12.1 Å². The molecule has 0 aliphatic heterocycles. The molecule has 0 aliphatic carbocycles. The van der Waals surface area contributed by atoms with Crippen molar-refractivity contribution in [3.05, 3.63) is 33.0 Å². The summed E-state index contributed by atoms with van der Waals surface area (Å²) < 4.78 is 34.1. The predicted molar refractivity (Wildman–Crippen MR) is 71.0 cm³/mol. The van der Waals surface area contributed by atoms with E-state index in [-0.39, 0.29) is 5.75 Å². The van der Waals surface area contributed by atoms with Crippen LogP contribution in [0.1, 0.15) is 0 Å². The number of hydrogen-bond donors (Lipinski definition) is 2. The number of halogens is 2. The molecule has 2 aromatic rings. The van der Waals surface area contributed by atoms with E-state index in [0.29, 0.717) is 19.5 Å². The molecule has 2 rings (SSSR count). The topological polar surface area (TPSA) is 79.7 Å². The maximum absolute atomic E-state index is 10.9. The molecule has 0 saturated heterocycles. The van der Waals surface area contributed by atoms with E-state index in [4.69, 9.17) is 18.4 Å². The van der Waals surface area contributed by atoms with Gasteiger partial charge in [0, 0.05) is 0 Å². The third-order valence-electron chi connectivity index (χ3n) is 1.96. The molecule has 0 saturated carbocycles. The minimum atomic E-state index is -5.51. The van der Waals surface area contributed by atoms with Gasteiger partial charge in [-0.05, 0) is 0 Å². The minimum absolute atomic E-state index is 0.0559. The molecule has 0 bridgehead atoms. The molecule has 0 spiro atoms. The van der Waals surface area contributed by atoms with Crippen LogP contribution in [0.5, 0.6) is 5.75 Å². The van der Waals surface area contributed by atoms with Crippen molar-refractivity contribution in [1.82, 2.24) is 4.98 Å². The number of nitrogens with zero attached hydrogens (tertiary/aromatic N) is 1. The van der Waals surface area contributed by atoms with Crippen molar-refractivity contribution >= 4 is 65.1 Å². The van der Waals surface area contributed by atoms with Gasteiger partial charge in [-0.2, -0.15) is 0 Å². The summed E-state index contributed by atoms with van der Waals surface area (Å²) in [5.41, 5.74) is 0.343. The molecule has 0 radical (unpaired) electrons. The van der Waals surface area contributed by atoms with Gasteiger partial charge in [-0.1, -0.05) is 0 Å². The molecule has 17 heavy (non-hydrogen) atoms. The summed E-state index contributed by atoms with van der Waals surface area (Å²) in [6.45, 7) is 0. The third-order valence-corrected chi connectivity index (χ3v) is 4.78. The van der Waals surface area contributed by atoms with Crippen LogP contribution in [0.2, 0.25) is 5.02 Å². The Hall–Kier alpha value is -0.0118. The first-order valence-corrected chi connectivity index (χ1v) is 10.2. The van der Waals surface area contributed by atoms with Crippen molar-refractivity contribution in [3.8, 4) is 5.75 Å². The molecule has 1 aromatic carbocycles. The van der Waals surface area contributed by atoms with Crippen LogP contribution in [0, 0.1) is 3.57 Å². The van der Waals surface area contributed by atoms with Crippen LogP contribution in [0.4, 0.5) is 0 Å². The summed E-state index contributed by atoms with van der Waals surface area (Å²) in [7, 11) is 0. The second kappa shape index (κ2) is 4.93. The summed E-state index contributed by atoms with van der Waals surface area (Å²) in [6.07, 6.45) is 1.51. The zero-order valence-electron chi connectivity index (χ0n) is 8.17. The van der Waals surface area contributed by atoms with Gasteiger partial charge in [0.15, 0.2) is 0 Å². The van der Waals surface area contributed by atoms with Crippen LogP contribution < -0.4 is 3.02 Å². The summed E-state index contributed by atoms with van der Waals surface area (Å²) in [5.74, 6) is 0.0559. The zero-order valence-corrected chi connectivity index (χ0v) is 13.6. The van der Waals surface area contributed by atoms with Crippen LogP contribution in [-0.4, -0.2) is 31.8 Å². The quantitative estimate of drug-likeness (QED) is 0.510. The Balaban J connectivity index is 2.72. The molecule has 0 amide bonds. The Labute approximate surface area is 121 Å². The van der Waals surface area contributed by atoms with E-state index in [2.05, 4.69) is 8.00 Å². The van der Waals surface area contributed by atoms with Crippen molar-refractivity contribution < 1.29 is 12.8 Å². The fourth-order valence-corrected chi connectivity index (χ4v) is 3.26.